The van der Waals surface area contributed by atoms with Crippen LogP contribution in [0.15, 0.2) is 42.2 Å². The van der Waals surface area contributed by atoms with Crippen molar-refractivity contribution in [2.75, 3.05) is 6.16 Å². The molecule has 1 atom stereocenters. The van der Waals surface area contributed by atoms with E-state index in [2.05, 4.69) is 36.9 Å². The van der Waals surface area contributed by atoms with Gasteiger partial charge < -0.3 is 0 Å². The van der Waals surface area contributed by atoms with Crippen molar-refractivity contribution >= 4 is 13.2 Å². The van der Waals surface area contributed by atoms with Crippen molar-refractivity contribution in [2.45, 2.75) is 12.8 Å². The molecule has 1 aromatic rings. The highest BCUT2D eigenvalue weighted by atomic mass is 31.1. The maximum atomic E-state index is 4.14. The van der Waals surface area contributed by atoms with Gasteiger partial charge in [0.1, 0.15) is 0 Å². The maximum Gasteiger partial charge on any atom is -0.0199 e. The number of rotatable bonds is 1. The van der Waals surface area contributed by atoms with E-state index in [1.807, 2.05) is 0 Å². The minimum atomic E-state index is 0.00412. The normalized spacial score (nSPS) is 23.0. The first-order valence-electron chi connectivity index (χ1n) is 4.38. The van der Waals surface area contributed by atoms with Crippen LogP contribution in [0.4, 0.5) is 0 Å². The van der Waals surface area contributed by atoms with Gasteiger partial charge in [-0.2, -0.15) is 0 Å². The minimum absolute atomic E-state index is 0.00412. The van der Waals surface area contributed by atoms with Crippen molar-refractivity contribution in [2.24, 2.45) is 0 Å². The molecule has 1 heterocycles. The molecule has 1 saturated heterocycles. The first-order chi connectivity index (χ1) is 5.88. The van der Waals surface area contributed by atoms with Crippen molar-refractivity contribution in [1.82, 2.24) is 0 Å². The third-order valence-corrected chi connectivity index (χ3v) is 4.97. The molecule has 12 heavy (non-hydrogen) atoms. The molecule has 0 amide bonds. The Labute approximate surface area is 75.1 Å². The molecule has 1 fully saturated rings. The van der Waals surface area contributed by atoms with Gasteiger partial charge in [-0.25, -0.2) is 0 Å². The zero-order valence-electron chi connectivity index (χ0n) is 7.16. The Morgan fingerprint density at radius 1 is 1.17 bits per heavy atom. The van der Waals surface area contributed by atoms with Gasteiger partial charge >= 0.3 is 0 Å². The van der Waals surface area contributed by atoms with Crippen molar-refractivity contribution in [3.05, 3.63) is 42.2 Å². The fourth-order valence-corrected chi connectivity index (χ4v) is 4.03. The van der Waals surface area contributed by atoms with Crippen LogP contribution in [-0.2, 0) is 0 Å². The zero-order valence-corrected chi connectivity index (χ0v) is 8.06. The van der Waals surface area contributed by atoms with Gasteiger partial charge in [-0.3, -0.25) is 0 Å². The molecule has 1 aliphatic rings. The Bertz CT molecular complexity index is 276. The predicted octanol–water partition coefficient (Wildman–Crippen LogP) is 3.10. The topological polar surface area (TPSA) is 0 Å². The summed E-state index contributed by atoms with van der Waals surface area (Å²) in [6.45, 7) is 4.14. The Morgan fingerprint density at radius 3 is 2.50 bits per heavy atom. The number of hydrogen-bond donors (Lipinski definition) is 0. The summed E-state index contributed by atoms with van der Waals surface area (Å²) < 4.78 is 0. The smallest absolute Gasteiger partial charge is 0.0199 e. The van der Waals surface area contributed by atoms with Crippen molar-refractivity contribution in [3.8, 4) is 0 Å². The van der Waals surface area contributed by atoms with Crippen LogP contribution >= 0.6 is 7.92 Å². The Balaban J connectivity index is 2.25. The quantitative estimate of drug-likeness (QED) is 0.577. The van der Waals surface area contributed by atoms with E-state index in [1.54, 1.807) is 0 Å². The van der Waals surface area contributed by atoms with Crippen LogP contribution in [0.5, 0.6) is 0 Å². The summed E-state index contributed by atoms with van der Waals surface area (Å²) in [6.07, 6.45) is 3.96. The average Bonchev–Trinajstić information content (AvgIpc) is 2.53. The van der Waals surface area contributed by atoms with E-state index in [-0.39, 0.29) is 7.92 Å². The Kier molecular flexibility index (Phi) is 2.28. The summed E-state index contributed by atoms with van der Waals surface area (Å²) in [6, 6.07) is 10.8. The molecule has 0 radical (unpaired) electrons. The van der Waals surface area contributed by atoms with Crippen LogP contribution in [0.25, 0.3) is 0 Å². The lowest BCUT2D eigenvalue weighted by Gasteiger charge is -2.10. The number of allylic oxidation sites excluding steroid dienone is 1. The average molecular weight is 176 g/mol. The van der Waals surface area contributed by atoms with Crippen molar-refractivity contribution in [1.29, 1.82) is 0 Å². The van der Waals surface area contributed by atoms with Gasteiger partial charge in [-0.05, 0) is 37.5 Å². The first-order valence-corrected chi connectivity index (χ1v) is 5.91. The molecule has 62 valence electrons. The molecule has 0 saturated carbocycles. The van der Waals surface area contributed by atoms with Gasteiger partial charge in [0.2, 0.25) is 0 Å². The highest BCUT2D eigenvalue weighted by molar-refractivity contribution is 7.70. The molecule has 1 aromatic carbocycles. The predicted molar refractivity (Wildman–Crippen MR) is 56.2 cm³/mol. The van der Waals surface area contributed by atoms with E-state index in [9.17, 15) is 0 Å². The Hall–Kier alpha value is -0.610. The van der Waals surface area contributed by atoms with E-state index in [0.29, 0.717) is 0 Å². The molecule has 0 aromatic heterocycles. The van der Waals surface area contributed by atoms with Crippen molar-refractivity contribution in [3.63, 3.8) is 0 Å². The monoisotopic (exact) mass is 176 g/mol. The van der Waals surface area contributed by atoms with Gasteiger partial charge in [0, 0.05) is 0 Å². The number of benzene rings is 1. The summed E-state index contributed by atoms with van der Waals surface area (Å²) in [4.78, 5) is 0. The fraction of sp³-hybridized carbons (Fsp3) is 0.273. The molecule has 0 nitrogen and oxygen atoms in total. The van der Waals surface area contributed by atoms with Crippen LogP contribution in [0.3, 0.4) is 0 Å². The molecular formula is C11H13P. The highest BCUT2D eigenvalue weighted by Gasteiger charge is 2.19. The van der Waals surface area contributed by atoms with E-state index in [1.165, 1.54) is 29.6 Å². The van der Waals surface area contributed by atoms with Gasteiger partial charge in [0.15, 0.2) is 0 Å². The van der Waals surface area contributed by atoms with Gasteiger partial charge in [0.25, 0.3) is 0 Å². The molecule has 0 bridgehead atoms. The first kappa shape index (κ1) is 8.01. The summed E-state index contributed by atoms with van der Waals surface area (Å²) in [5.41, 5.74) is 0. The van der Waals surface area contributed by atoms with E-state index < -0.39 is 0 Å². The van der Waals surface area contributed by atoms with Crippen LogP contribution in [0.2, 0.25) is 0 Å². The van der Waals surface area contributed by atoms with Gasteiger partial charge in [-0.15, -0.1) is 0 Å². The second-order valence-corrected chi connectivity index (χ2v) is 5.61. The third kappa shape index (κ3) is 1.44. The Morgan fingerprint density at radius 2 is 1.92 bits per heavy atom. The summed E-state index contributed by atoms with van der Waals surface area (Å²) >= 11 is 0. The molecule has 0 spiro atoms. The van der Waals surface area contributed by atoms with Crippen LogP contribution in [0, 0.1) is 0 Å². The van der Waals surface area contributed by atoms with Crippen molar-refractivity contribution < 1.29 is 0 Å². The fourth-order valence-electron chi connectivity index (χ4n) is 1.65. The lowest BCUT2D eigenvalue weighted by atomic mass is 10.3. The number of hydrogen-bond acceptors (Lipinski definition) is 0. The zero-order chi connectivity index (χ0) is 8.39. The highest BCUT2D eigenvalue weighted by Crippen LogP contribution is 2.51. The summed E-state index contributed by atoms with van der Waals surface area (Å²) in [5, 5.41) is 2.99. The largest absolute Gasteiger partial charge is 0.0950 e. The standard InChI is InChI=1S/C11H13P/c1-10-6-5-9-12(10)11-7-3-2-4-8-11/h2-4,7-8H,1,5-6,9H2. The molecule has 1 aliphatic heterocycles. The van der Waals surface area contributed by atoms with E-state index in [4.69, 9.17) is 0 Å². The second-order valence-electron chi connectivity index (χ2n) is 3.16. The summed E-state index contributed by atoms with van der Waals surface area (Å²) in [7, 11) is 0.00412. The lowest BCUT2D eigenvalue weighted by Crippen LogP contribution is -1.98. The van der Waals surface area contributed by atoms with Crippen LogP contribution in [0.1, 0.15) is 12.8 Å². The molecule has 0 N–H and O–H groups in total. The SMILES string of the molecule is C=C1CCCP1c1ccccc1. The molecular weight excluding hydrogens is 163 g/mol. The maximum absolute atomic E-state index is 4.14. The molecule has 2 rings (SSSR count). The molecule has 0 aliphatic carbocycles. The van der Waals surface area contributed by atoms with E-state index in [0.717, 1.165) is 0 Å². The molecule has 1 heteroatoms. The summed E-state index contributed by atoms with van der Waals surface area (Å²) in [5.74, 6) is 0. The minimum Gasteiger partial charge on any atom is -0.0950 e. The molecule has 1 unspecified atom stereocenters. The second kappa shape index (κ2) is 3.41. The van der Waals surface area contributed by atoms with Crippen LogP contribution in [-0.4, -0.2) is 6.16 Å². The van der Waals surface area contributed by atoms with E-state index >= 15 is 0 Å². The van der Waals surface area contributed by atoms with Crippen LogP contribution < -0.4 is 5.30 Å². The lowest BCUT2D eigenvalue weighted by molar-refractivity contribution is 0.997. The van der Waals surface area contributed by atoms with Gasteiger partial charge in [0.05, 0.1) is 0 Å². The van der Waals surface area contributed by atoms with Gasteiger partial charge in [-0.1, -0.05) is 36.9 Å². The third-order valence-electron chi connectivity index (χ3n) is 2.30.